The Balaban J connectivity index is 1.76. The molecule has 0 bridgehead atoms. The van der Waals surface area contributed by atoms with Crippen molar-refractivity contribution in [3.05, 3.63) is 54.2 Å². The number of pyridine rings is 1. The van der Waals surface area contributed by atoms with E-state index in [-0.39, 0.29) is 11.5 Å². The van der Waals surface area contributed by atoms with Crippen LogP contribution in [0.5, 0.6) is 17.4 Å². The molecular formula is C21H20N2O3. The molecule has 1 aliphatic heterocycles. The van der Waals surface area contributed by atoms with E-state index in [1.165, 1.54) is 6.92 Å². The summed E-state index contributed by atoms with van der Waals surface area (Å²) >= 11 is 0. The molecule has 132 valence electrons. The summed E-state index contributed by atoms with van der Waals surface area (Å²) in [7, 11) is 0. The van der Waals surface area contributed by atoms with Crippen LogP contribution < -0.4 is 14.8 Å². The number of hydrogen-bond acceptors (Lipinski definition) is 4. The first-order valence-corrected chi connectivity index (χ1v) is 8.57. The Morgan fingerprint density at radius 3 is 2.69 bits per heavy atom. The highest BCUT2D eigenvalue weighted by Gasteiger charge is 2.32. The van der Waals surface area contributed by atoms with Crippen molar-refractivity contribution in [2.24, 2.45) is 0 Å². The highest BCUT2D eigenvalue weighted by atomic mass is 16.5. The fourth-order valence-electron chi connectivity index (χ4n) is 3.31. The lowest BCUT2D eigenvalue weighted by atomic mass is 10.0. The van der Waals surface area contributed by atoms with E-state index in [2.05, 4.69) is 30.2 Å². The van der Waals surface area contributed by atoms with Crippen LogP contribution in [0.15, 0.2) is 48.7 Å². The minimum Gasteiger partial charge on any atom is -0.483 e. The molecule has 2 heterocycles. The number of para-hydroxylation sites is 1. The molecule has 5 heteroatoms. The minimum atomic E-state index is -0.243. The Kier molecular flexibility index (Phi) is 3.80. The van der Waals surface area contributed by atoms with Gasteiger partial charge in [-0.1, -0.05) is 30.3 Å². The third-order valence-electron chi connectivity index (χ3n) is 4.33. The summed E-state index contributed by atoms with van der Waals surface area (Å²) in [4.78, 5) is 15.9. The SMILES string of the molecule is CC(=O)Nc1cnc(Oc2cccc3c2OC(C)(C)C3)c2ccccc12. The van der Waals surface area contributed by atoms with Crippen LogP contribution in [0.2, 0.25) is 0 Å². The van der Waals surface area contributed by atoms with Crippen molar-refractivity contribution in [1.29, 1.82) is 0 Å². The lowest BCUT2D eigenvalue weighted by Crippen LogP contribution is -2.24. The molecule has 3 aromatic rings. The number of carbonyl (C=O) groups is 1. The summed E-state index contributed by atoms with van der Waals surface area (Å²) in [5.74, 6) is 1.77. The van der Waals surface area contributed by atoms with Crippen LogP contribution in [0.4, 0.5) is 5.69 Å². The molecule has 4 rings (SSSR count). The zero-order chi connectivity index (χ0) is 18.3. The molecular weight excluding hydrogens is 328 g/mol. The van der Waals surface area contributed by atoms with Gasteiger partial charge < -0.3 is 14.8 Å². The van der Waals surface area contributed by atoms with Crippen molar-refractivity contribution in [1.82, 2.24) is 4.98 Å². The molecule has 0 saturated carbocycles. The quantitative estimate of drug-likeness (QED) is 0.745. The van der Waals surface area contributed by atoms with Crippen LogP contribution in [-0.2, 0) is 11.2 Å². The molecule has 5 nitrogen and oxygen atoms in total. The van der Waals surface area contributed by atoms with Gasteiger partial charge in [-0.2, -0.15) is 0 Å². The average molecular weight is 348 g/mol. The van der Waals surface area contributed by atoms with Crippen molar-refractivity contribution in [2.75, 3.05) is 5.32 Å². The molecule has 1 N–H and O–H groups in total. The topological polar surface area (TPSA) is 60.5 Å². The number of benzene rings is 2. The number of aromatic nitrogens is 1. The second-order valence-corrected chi connectivity index (χ2v) is 7.09. The van der Waals surface area contributed by atoms with Gasteiger partial charge in [0.1, 0.15) is 5.60 Å². The summed E-state index contributed by atoms with van der Waals surface area (Å²) in [6.45, 7) is 5.60. The van der Waals surface area contributed by atoms with Crippen LogP contribution in [0.3, 0.4) is 0 Å². The molecule has 2 aromatic carbocycles. The first-order chi connectivity index (χ1) is 12.4. The molecule has 0 spiro atoms. The molecule has 0 unspecified atom stereocenters. The van der Waals surface area contributed by atoms with Gasteiger partial charge in [0, 0.05) is 29.7 Å². The fourth-order valence-corrected chi connectivity index (χ4v) is 3.31. The van der Waals surface area contributed by atoms with Gasteiger partial charge in [0.05, 0.1) is 11.9 Å². The number of carbonyl (C=O) groups excluding carboxylic acids is 1. The lowest BCUT2D eigenvalue weighted by Gasteiger charge is -2.18. The summed E-state index contributed by atoms with van der Waals surface area (Å²) < 4.78 is 12.2. The Morgan fingerprint density at radius 1 is 1.15 bits per heavy atom. The molecule has 0 atom stereocenters. The molecule has 0 saturated heterocycles. The Morgan fingerprint density at radius 2 is 1.92 bits per heavy atom. The van der Waals surface area contributed by atoms with E-state index in [0.29, 0.717) is 17.3 Å². The van der Waals surface area contributed by atoms with Crippen molar-refractivity contribution >= 4 is 22.4 Å². The van der Waals surface area contributed by atoms with Gasteiger partial charge in [0.25, 0.3) is 0 Å². The van der Waals surface area contributed by atoms with Gasteiger partial charge in [-0.15, -0.1) is 0 Å². The van der Waals surface area contributed by atoms with E-state index in [4.69, 9.17) is 9.47 Å². The lowest BCUT2D eigenvalue weighted by molar-refractivity contribution is -0.114. The van der Waals surface area contributed by atoms with Crippen LogP contribution in [0.25, 0.3) is 10.8 Å². The number of rotatable bonds is 3. The Bertz CT molecular complexity index is 1010. The van der Waals surface area contributed by atoms with E-state index < -0.39 is 0 Å². The summed E-state index contributed by atoms with van der Waals surface area (Å²) in [6.07, 6.45) is 2.46. The summed E-state index contributed by atoms with van der Waals surface area (Å²) in [6, 6.07) is 13.6. The molecule has 1 aliphatic rings. The Labute approximate surface area is 152 Å². The minimum absolute atomic E-state index is 0.137. The van der Waals surface area contributed by atoms with Gasteiger partial charge in [-0.3, -0.25) is 4.79 Å². The zero-order valence-electron chi connectivity index (χ0n) is 15.0. The Hall–Kier alpha value is -3.08. The smallest absolute Gasteiger partial charge is 0.227 e. The third kappa shape index (κ3) is 2.96. The predicted octanol–water partition coefficient (Wildman–Crippen LogP) is 4.70. The van der Waals surface area contributed by atoms with Crippen molar-refractivity contribution in [3.8, 4) is 17.4 Å². The van der Waals surface area contributed by atoms with E-state index in [0.717, 1.165) is 28.5 Å². The number of hydrogen-bond donors (Lipinski definition) is 1. The monoisotopic (exact) mass is 348 g/mol. The van der Waals surface area contributed by atoms with Crippen molar-refractivity contribution in [3.63, 3.8) is 0 Å². The highest BCUT2D eigenvalue weighted by molar-refractivity contribution is 6.02. The molecule has 0 radical (unpaired) electrons. The van der Waals surface area contributed by atoms with Crippen molar-refractivity contribution in [2.45, 2.75) is 32.8 Å². The first-order valence-electron chi connectivity index (χ1n) is 8.57. The molecule has 1 aromatic heterocycles. The normalized spacial score (nSPS) is 14.6. The van der Waals surface area contributed by atoms with Crippen LogP contribution in [-0.4, -0.2) is 16.5 Å². The number of anilines is 1. The molecule has 1 amide bonds. The molecule has 0 fully saturated rings. The van der Waals surface area contributed by atoms with Crippen LogP contribution in [0, 0.1) is 0 Å². The van der Waals surface area contributed by atoms with Crippen molar-refractivity contribution < 1.29 is 14.3 Å². The van der Waals surface area contributed by atoms with Gasteiger partial charge in [0.15, 0.2) is 11.5 Å². The number of amides is 1. The molecule has 26 heavy (non-hydrogen) atoms. The summed E-state index contributed by atoms with van der Waals surface area (Å²) in [5.41, 5.74) is 1.55. The van der Waals surface area contributed by atoms with E-state index in [9.17, 15) is 4.79 Å². The van der Waals surface area contributed by atoms with Gasteiger partial charge in [-0.25, -0.2) is 4.98 Å². The van der Waals surface area contributed by atoms with Gasteiger partial charge >= 0.3 is 0 Å². The van der Waals surface area contributed by atoms with Gasteiger partial charge in [-0.05, 0) is 26.0 Å². The summed E-state index contributed by atoms with van der Waals surface area (Å²) in [5, 5.41) is 4.51. The van der Waals surface area contributed by atoms with Crippen LogP contribution >= 0.6 is 0 Å². The van der Waals surface area contributed by atoms with E-state index in [1.807, 2.05) is 36.4 Å². The maximum atomic E-state index is 11.4. The fraction of sp³-hybridized carbons (Fsp3) is 0.238. The highest BCUT2D eigenvalue weighted by Crippen LogP contribution is 2.44. The third-order valence-corrected chi connectivity index (χ3v) is 4.33. The maximum absolute atomic E-state index is 11.4. The maximum Gasteiger partial charge on any atom is 0.227 e. The number of nitrogens with zero attached hydrogens (tertiary/aromatic N) is 1. The first kappa shape index (κ1) is 16.4. The standard InChI is InChI=1S/C21H20N2O3/c1-13(24)23-17-12-22-20(16-9-5-4-8-15(16)17)25-18-10-6-7-14-11-21(2,3)26-19(14)18/h4-10,12H,11H2,1-3H3,(H,23,24). The second-order valence-electron chi connectivity index (χ2n) is 7.09. The number of fused-ring (bicyclic) bond motifs is 2. The largest absolute Gasteiger partial charge is 0.483 e. The zero-order valence-corrected chi connectivity index (χ0v) is 15.0. The number of nitrogens with one attached hydrogen (secondary N) is 1. The van der Waals surface area contributed by atoms with E-state index >= 15 is 0 Å². The molecule has 0 aliphatic carbocycles. The predicted molar refractivity (Wildman–Crippen MR) is 101 cm³/mol. The van der Waals surface area contributed by atoms with E-state index in [1.54, 1.807) is 6.20 Å². The van der Waals surface area contributed by atoms with Crippen LogP contribution in [0.1, 0.15) is 26.3 Å². The van der Waals surface area contributed by atoms with Gasteiger partial charge in [0.2, 0.25) is 11.8 Å². The average Bonchev–Trinajstić information content (AvgIpc) is 2.91. The second kappa shape index (κ2) is 6.02. The number of ether oxygens (including phenoxy) is 2.